The molecule has 0 bridgehead atoms. The van der Waals surface area contributed by atoms with Crippen molar-refractivity contribution in [2.24, 2.45) is 0 Å². The quantitative estimate of drug-likeness (QED) is 0.333. The summed E-state index contributed by atoms with van der Waals surface area (Å²) in [7, 11) is 1.42. The predicted octanol–water partition coefficient (Wildman–Crippen LogP) is 6.69. The van der Waals surface area contributed by atoms with E-state index in [4.69, 9.17) is 4.74 Å². The van der Waals surface area contributed by atoms with Crippen LogP contribution >= 0.6 is 11.8 Å². The van der Waals surface area contributed by atoms with Crippen molar-refractivity contribution in [3.05, 3.63) is 83.4 Å². The minimum Gasteiger partial charge on any atom is -0.465 e. The van der Waals surface area contributed by atoms with Crippen molar-refractivity contribution < 1.29 is 9.53 Å². The Balaban J connectivity index is 1.31. The van der Waals surface area contributed by atoms with E-state index in [-0.39, 0.29) is 5.97 Å². The lowest BCUT2D eigenvalue weighted by atomic mass is 9.83. The topological polar surface area (TPSA) is 38.3 Å². The molecule has 1 saturated carbocycles. The van der Waals surface area contributed by atoms with Crippen LogP contribution in [0, 0.1) is 0 Å². The summed E-state index contributed by atoms with van der Waals surface area (Å²) >= 11 is 2.05. The number of thioether (sulfide) groups is 1. The van der Waals surface area contributed by atoms with E-state index in [0.29, 0.717) is 22.8 Å². The Morgan fingerprint density at radius 2 is 1.84 bits per heavy atom. The second kappa shape index (κ2) is 10.3. The molecule has 0 radical (unpaired) electrons. The zero-order chi connectivity index (χ0) is 21.6. The Bertz CT molecular complexity index is 1010. The maximum Gasteiger partial charge on any atom is 0.337 e. The highest BCUT2D eigenvalue weighted by atomic mass is 32.2. The SMILES string of the molecule is COC(=O)c1ccc(C2CCCC(SCN[C@H](C)c3cccc4ccccc34)C2)cc1. The first-order chi connectivity index (χ1) is 15.2. The fraction of sp³-hybridized carbons (Fsp3) is 0.370. The van der Waals surface area contributed by atoms with Gasteiger partial charge in [-0.25, -0.2) is 4.79 Å². The first-order valence-electron chi connectivity index (χ1n) is 11.2. The lowest BCUT2D eigenvalue weighted by molar-refractivity contribution is 0.0600. The minimum atomic E-state index is -0.269. The maximum atomic E-state index is 11.7. The molecule has 162 valence electrons. The Morgan fingerprint density at radius 3 is 2.65 bits per heavy atom. The highest BCUT2D eigenvalue weighted by molar-refractivity contribution is 7.99. The molecular formula is C27H31NO2S. The molecule has 0 spiro atoms. The Kier molecular flexibility index (Phi) is 7.31. The van der Waals surface area contributed by atoms with E-state index in [2.05, 4.69) is 78.6 Å². The zero-order valence-electron chi connectivity index (χ0n) is 18.3. The van der Waals surface area contributed by atoms with E-state index in [0.717, 1.165) is 5.88 Å². The molecule has 1 aliphatic rings. The zero-order valence-corrected chi connectivity index (χ0v) is 19.2. The molecule has 3 nitrogen and oxygen atoms in total. The number of fused-ring (bicyclic) bond motifs is 1. The Hall–Kier alpha value is -2.30. The van der Waals surface area contributed by atoms with Gasteiger partial charge < -0.3 is 10.1 Å². The number of benzene rings is 3. The van der Waals surface area contributed by atoms with Crippen molar-refractivity contribution in [1.82, 2.24) is 5.32 Å². The van der Waals surface area contributed by atoms with Crippen LogP contribution in [0.25, 0.3) is 10.8 Å². The lowest BCUT2D eigenvalue weighted by Crippen LogP contribution is -2.22. The van der Waals surface area contributed by atoms with Gasteiger partial charge in [-0.2, -0.15) is 0 Å². The van der Waals surface area contributed by atoms with Crippen LogP contribution in [-0.2, 0) is 4.74 Å². The summed E-state index contributed by atoms with van der Waals surface area (Å²) in [6.45, 7) is 2.26. The van der Waals surface area contributed by atoms with Crippen molar-refractivity contribution in [2.45, 2.75) is 49.8 Å². The third-order valence-electron chi connectivity index (χ3n) is 6.43. The number of carbonyl (C=O) groups excluding carboxylic acids is 1. The van der Waals surface area contributed by atoms with Gasteiger partial charge in [-0.1, -0.05) is 61.0 Å². The van der Waals surface area contributed by atoms with Crippen LogP contribution in [0.4, 0.5) is 0 Å². The van der Waals surface area contributed by atoms with Crippen molar-refractivity contribution >= 4 is 28.5 Å². The summed E-state index contributed by atoms with van der Waals surface area (Å²) in [5.74, 6) is 1.27. The van der Waals surface area contributed by atoms with E-state index in [1.54, 1.807) is 0 Å². The van der Waals surface area contributed by atoms with Gasteiger partial charge in [-0.15, -0.1) is 11.8 Å². The largest absolute Gasteiger partial charge is 0.465 e. The molecule has 0 amide bonds. The standard InChI is InChI=1S/C27H31NO2S/c1-19(25-12-6-8-21-7-3-4-11-26(21)25)28-18-31-24-10-5-9-23(17-24)20-13-15-22(16-14-20)27(29)30-2/h3-4,6-8,11-16,19,23-24,28H,5,9-10,17-18H2,1-2H3/t19-,23?,24?/m1/s1. The van der Waals surface area contributed by atoms with Crippen molar-refractivity contribution in [2.75, 3.05) is 13.0 Å². The van der Waals surface area contributed by atoms with Crippen LogP contribution in [0.5, 0.6) is 0 Å². The molecule has 3 aromatic carbocycles. The molecule has 3 atom stereocenters. The number of methoxy groups -OCH3 is 1. The van der Waals surface area contributed by atoms with Crippen LogP contribution in [0.15, 0.2) is 66.7 Å². The molecule has 3 aromatic rings. The smallest absolute Gasteiger partial charge is 0.337 e. The molecule has 1 N–H and O–H groups in total. The van der Waals surface area contributed by atoms with E-state index >= 15 is 0 Å². The molecule has 1 fully saturated rings. The van der Waals surface area contributed by atoms with Crippen LogP contribution in [0.3, 0.4) is 0 Å². The third-order valence-corrected chi connectivity index (χ3v) is 7.66. The van der Waals surface area contributed by atoms with Crippen molar-refractivity contribution in [3.8, 4) is 0 Å². The van der Waals surface area contributed by atoms with Gasteiger partial charge >= 0.3 is 5.97 Å². The molecule has 1 aliphatic carbocycles. The Morgan fingerprint density at radius 1 is 1.06 bits per heavy atom. The molecule has 0 aromatic heterocycles. The van der Waals surface area contributed by atoms with Gasteiger partial charge in [0, 0.05) is 17.2 Å². The predicted molar refractivity (Wildman–Crippen MR) is 131 cm³/mol. The monoisotopic (exact) mass is 433 g/mol. The summed E-state index contributed by atoms with van der Waals surface area (Å²) in [6.07, 6.45) is 4.98. The number of esters is 1. The summed E-state index contributed by atoms with van der Waals surface area (Å²) < 4.78 is 4.81. The molecule has 31 heavy (non-hydrogen) atoms. The van der Waals surface area contributed by atoms with E-state index in [1.807, 2.05) is 12.1 Å². The molecule has 0 aliphatic heterocycles. The number of rotatable bonds is 7. The summed E-state index contributed by atoms with van der Waals surface area (Å²) in [4.78, 5) is 11.7. The molecule has 4 rings (SSSR count). The van der Waals surface area contributed by atoms with Crippen molar-refractivity contribution in [1.29, 1.82) is 0 Å². The molecule has 2 unspecified atom stereocenters. The van der Waals surface area contributed by atoms with Gasteiger partial charge in [0.25, 0.3) is 0 Å². The Labute approximate surface area is 189 Å². The third kappa shape index (κ3) is 5.31. The van der Waals surface area contributed by atoms with Crippen LogP contribution in [0.1, 0.15) is 66.1 Å². The normalized spacial score (nSPS) is 19.8. The number of carbonyl (C=O) groups is 1. The first-order valence-corrected chi connectivity index (χ1v) is 12.2. The molecule has 0 saturated heterocycles. The van der Waals surface area contributed by atoms with Crippen LogP contribution < -0.4 is 5.32 Å². The van der Waals surface area contributed by atoms with E-state index in [9.17, 15) is 4.79 Å². The second-order valence-corrected chi connectivity index (χ2v) is 9.69. The lowest BCUT2D eigenvalue weighted by Gasteiger charge is -2.29. The molecule has 0 heterocycles. The fourth-order valence-electron chi connectivity index (χ4n) is 4.64. The number of ether oxygens (including phenoxy) is 1. The maximum absolute atomic E-state index is 11.7. The summed E-state index contributed by atoms with van der Waals surface area (Å²) in [5.41, 5.74) is 3.33. The van der Waals surface area contributed by atoms with Gasteiger partial charge in [0.2, 0.25) is 0 Å². The average Bonchev–Trinajstić information content (AvgIpc) is 2.83. The highest BCUT2D eigenvalue weighted by Gasteiger charge is 2.24. The first kappa shape index (κ1) is 21.9. The van der Waals surface area contributed by atoms with Crippen LogP contribution in [0.2, 0.25) is 0 Å². The van der Waals surface area contributed by atoms with Gasteiger partial charge in [0.15, 0.2) is 0 Å². The van der Waals surface area contributed by atoms with Crippen molar-refractivity contribution in [3.63, 3.8) is 0 Å². The molecule has 4 heteroatoms. The number of hydrogen-bond donors (Lipinski definition) is 1. The minimum absolute atomic E-state index is 0.269. The van der Waals surface area contributed by atoms with Crippen LogP contribution in [-0.4, -0.2) is 24.2 Å². The second-order valence-electron chi connectivity index (χ2n) is 8.40. The van der Waals surface area contributed by atoms with Gasteiger partial charge in [-0.3, -0.25) is 0 Å². The van der Waals surface area contributed by atoms with Gasteiger partial charge in [-0.05, 0) is 66.1 Å². The summed E-state index contributed by atoms with van der Waals surface area (Å²) in [5, 5.41) is 7.04. The number of nitrogens with one attached hydrogen (secondary N) is 1. The average molecular weight is 434 g/mol. The van der Waals surface area contributed by atoms with Gasteiger partial charge in [0.1, 0.15) is 0 Å². The fourth-order valence-corrected chi connectivity index (χ4v) is 5.92. The molecular weight excluding hydrogens is 402 g/mol. The van der Waals surface area contributed by atoms with E-state index < -0.39 is 0 Å². The van der Waals surface area contributed by atoms with E-state index in [1.165, 1.54) is 54.7 Å². The number of hydrogen-bond acceptors (Lipinski definition) is 4. The highest BCUT2D eigenvalue weighted by Crippen LogP contribution is 2.38. The summed E-state index contributed by atoms with van der Waals surface area (Å²) in [6, 6.07) is 23.5. The van der Waals surface area contributed by atoms with Gasteiger partial charge in [0.05, 0.1) is 12.7 Å².